The quantitative estimate of drug-likeness (QED) is 0.886. The van der Waals surface area contributed by atoms with Gasteiger partial charge in [-0.1, -0.05) is 0 Å². The van der Waals surface area contributed by atoms with Gasteiger partial charge in [0.1, 0.15) is 0 Å². The molecule has 1 aliphatic carbocycles. The predicted molar refractivity (Wildman–Crippen MR) is 72.9 cm³/mol. The van der Waals surface area contributed by atoms with Gasteiger partial charge in [0.2, 0.25) is 5.95 Å². The molecular weight excluding hydrogens is 245 g/mol. The van der Waals surface area contributed by atoms with Crippen molar-refractivity contribution in [1.29, 1.82) is 0 Å². The first kappa shape index (κ1) is 12.6. The molecular formula is C13H20FN5. The molecule has 1 N–H and O–H groups in total. The molecule has 0 radical (unpaired) electrons. The van der Waals surface area contributed by atoms with Crippen LogP contribution in [-0.4, -0.2) is 54.6 Å². The molecule has 0 amide bonds. The SMILES string of the molecule is CNc1nc(N2CCN(CC3CC3)CC2)ncc1F. The molecule has 0 bridgehead atoms. The van der Waals surface area contributed by atoms with Crippen molar-refractivity contribution in [1.82, 2.24) is 14.9 Å². The van der Waals surface area contributed by atoms with Crippen LogP contribution in [0.3, 0.4) is 0 Å². The number of hydrogen-bond donors (Lipinski definition) is 1. The molecule has 0 unspecified atom stereocenters. The highest BCUT2D eigenvalue weighted by molar-refractivity contribution is 5.42. The number of rotatable bonds is 4. The summed E-state index contributed by atoms with van der Waals surface area (Å²) >= 11 is 0. The van der Waals surface area contributed by atoms with Crippen LogP contribution in [0, 0.1) is 11.7 Å². The van der Waals surface area contributed by atoms with Gasteiger partial charge in [-0.15, -0.1) is 0 Å². The molecule has 1 aromatic rings. The summed E-state index contributed by atoms with van der Waals surface area (Å²) in [4.78, 5) is 13.0. The Hall–Kier alpha value is -1.43. The van der Waals surface area contributed by atoms with E-state index in [9.17, 15) is 4.39 Å². The number of nitrogens with one attached hydrogen (secondary N) is 1. The molecule has 0 atom stereocenters. The molecule has 2 fully saturated rings. The maximum atomic E-state index is 13.3. The van der Waals surface area contributed by atoms with Crippen molar-refractivity contribution in [3.63, 3.8) is 0 Å². The number of piperazine rings is 1. The van der Waals surface area contributed by atoms with Crippen LogP contribution in [0.1, 0.15) is 12.8 Å². The first-order chi connectivity index (χ1) is 9.26. The molecule has 0 spiro atoms. The van der Waals surface area contributed by atoms with E-state index in [0.717, 1.165) is 32.1 Å². The van der Waals surface area contributed by atoms with Gasteiger partial charge in [-0.25, -0.2) is 9.37 Å². The summed E-state index contributed by atoms with van der Waals surface area (Å²) < 4.78 is 13.3. The van der Waals surface area contributed by atoms with Crippen molar-refractivity contribution in [2.45, 2.75) is 12.8 Å². The molecule has 0 aromatic carbocycles. The first-order valence-electron chi connectivity index (χ1n) is 6.94. The van der Waals surface area contributed by atoms with E-state index < -0.39 is 5.82 Å². The Bertz CT molecular complexity index is 441. The lowest BCUT2D eigenvalue weighted by molar-refractivity contribution is 0.247. The Morgan fingerprint density at radius 1 is 1.32 bits per heavy atom. The fourth-order valence-electron chi connectivity index (χ4n) is 2.48. The van der Waals surface area contributed by atoms with E-state index in [1.165, 1.54) is 25.6 Å². The summed E-state index contributed by atoms with van der Waals surface area (Å²) in [5.41, 5.74) is 0. The molecule has 5 nitrogen and oxygen atoms in total. The minimum atomic E-state index is -0.404. The molecule has 3 rings (SSSR count). The Morgan fingerprint density at radius 2 is 2.05 bits per heavy atom. The first-order valence-corrected chi connectivity index (χ1v) is 6.94. The second kappa shape index (κ2) is 5.28. The zero-order chi connectivity index (χ0) is 13.2. The molecule has 104 valence electrons. The van der Waals surface area contributed by atoms with Gasteiger partial charge in [0.15, 0.2) is 11.6 Å². The second-order valence-corrected chi connectivity index (χ2v) is 5.35. The Balaban J connectivity index is 1.60. The van der Waals surface area contributed by atoms with E-state index in [1.807, 2.05) is 0 Å². The van der Waals surface area contributed by atoms with Crippen LogP contribution in [0.25, 0.3) is 0 Å². The van der Waals surface area contributed by atoms with Gasteiger partial charge in [0, 0.05) is 39.8 Å². The van der Waals surface area contributed by atoms with E-state index in [1.54, 1.807) is 7.05 Å². The molecule has 19 heavy (non-hydrogen) atoms. The van der Waals surface area contributed by atoms with Crippen molar-refractivity contribution in [2.75, 3.05) is 50.0 Å². The van der Waals surface area contributed by atoms with E-state index in [4.69, 9.17) is 0 Å². The summed E-state index contributed by atoms with van der Waals surface area (Å²) in [6.45, 7) is 5.17. The Kier molecular flexibility index (Phi) is 3.50. The molecule has 1 aromatic heterocycles. The van der Waals surface area contributed by atoms with Crippen molar-refractivity contribution >= 4 is 11.8 Å². The van der Waals surface area contributed by atoms with Gasteiger partial charge in [-0.3, -0.25) is 4.90 Å². The van der Waals surface area contributed by atoms with Crippen LogP contribution in [0.4, 0.5) is 16.2 Å². The summed E-state index contributed by atoms with van der Waals surface area (Å²) in [6, 6.07) is 0. The minimum absolute atomic E-state index is 0.269. The van der Waals surface area contributed by atoms with Gasteiger partial charge in [-0.2, -0.15) is 4.98 Å². The lowest BCUT2D eigenvalue weighted by Gasteiger charge is -2.34. The third-order valence-electron chi connectivity index (χ3n) is 3.84. The Morgan fingerprint density at radius 3 is 2.68 bits per heavy atom. The number of nitrogens with zero attached hydrogens (tertiary/aromatic N) is 4. The number of halogens is 1. The summed E-state index contributed by atoms with van der Waals surface area (Å²) in [7, 11) is 1.67. The van der Waals surface area contributed by atoms with E-state index in [-0.39, 0.29) is 5.82 Å². The van der Waals surface area contributed by atoms with E-state index in [2.05, 4.69) is 25.1 Å². The number of hydrogen-bond acceptors (Lipinski definition) is 5. The minimum Gasteiger partial charge on any atom is -0.371 e. The van der Waals surface area contributed by atoms with Gasteiger partial charge < -0.3 is 10.2 Å². The smallest absolute Gasteiger partial charge is 0.227 e. The zero-order valence-corrected chi connectivity index (χ0v) is 11.3. The van der Waals surface area contributed by atoms with Crippen molar-refractivity contribution in [3.8, 4) is 0 Å². The van der Waals surface area contributed by atoms with Crippen molar-refractivity contribution < 1.29 is 4.39 Å². The van der Waals surface area contributed by atoms with Gasteiger partial charge in [-0.05, 0) is 18.8 Å². The third-order valence-corrected chi connectivity index (χ3v) is 3.84. The van der Waals surface area contributed by atoms with Gasteiger partial charge in [0.25, 0.3) is 0 Å². The fourth-order valence-corrected chi connectivity index (χ4v) is 2.48. The highest BCUT2D eigenvalue weighted by Crippen LogP contribution is 2.30. The number of anilines is 2. The molecule has 1 saturated carbocycles. The standard InChI is InChI=1S/C13H20FN5/c1-15-12-11(14)8-16-13(17-12)19-6-4-18(5-7-19)9-10-2-3-10/h8,10H,2-7,9H2,1H3,(H,15,16,17). The summed E-state index contributed by atoms with van der Waals surface area (Å²) in [5.74, 6) is 1.42. The normalized spacial score (nSPS) is 20.6. The average Bonchev–Trinajstić information content (AvgIpc) is 3.24. The number of aromatic nitrogens is 2. The summed E-state index contributed by atoms with van der Waals surface area (Å²) in [5, 5.41) is 2.75. The van der Waals surface area contributed by atoms with Crippen LogP contribution >= 0.6 is 0 Å². The highest BCUT2D eigenvalue weighted by atomic mass is 19.1. The van der Waals surface area contributed by atoms with Crippen LogP contribution in [0.2, 0.25) is 0 Å². The predicted octanol–water partition coefficient (Wildman–Crippen LogP) is 1.19. The highest BCUT2D eigenvalue weighted by Gasteiger charge is 2.27. The second-order valence-electron chi connectivity index (χ2n) is 5.35. The fraction of sp³-hybridized carbons (Fsp3) is 0.692. The van der Waals surface area contributed by atoms with Crippen LogP contribution < -0.4 is 10.2 Å². The maximum absolute atomic E-state index is 13.3. The van der Waals surface area contributed by atoms with Crippen LogP contribution in [-0.2, 0) is 0 Å². The Labute approximate surface area is 112 Å². The third kappa shape index (κ3) is 2.94. The zero-order valence-electron chi connectivity index (χ0n) is 11.3. The molecule has 2 heterocycles. The topological polar surface area (TPSA) is 44.3 Å². The van der Waals surface area contributed by atoms with Crippen molar-refractivity contribution in [3.05, 3.63) is 12.0 Å². The van der Waals surface area contributed by atoms with Crippen molar-refractivity contribution in [2.24, 2.45) is 5.92 Å². The molecule has 1 aliphatic heterocycles. The monoisotopic (exact) mass is 265 g/mol. The lowest BCUT2D eigenvalue weighted by Crippen LogP contribution is -2.47. The molecule has 2 aliphatic rings. The largest absolute Gasteiger partial charge is 0.371 e. The van der Waals surface area contributed by atoms with Gasteiger partial charge >= 0.3 is 0 Å². The van der Waals surface area contributed by atoms with Crippen LogP contribution in [0.5, 0.6) is 0 Å². The summed E-state index contributed by atoms with van der Waals surface area (Å²) in [6.07, 6.45) is 4.03. The van der Waals surface area contributed by atoms with Crippen LogP contribution in [0.15, 0.2) is 6.20 Å². The van der Waals surface area contributed by atoms with E-state index >= 15 is 0 Å². The van der Waals surface area contributed by atoms with Gasteiger partial charge in [0.05, 0.1) is 6.20 Å². The maximum Gasteiger partial charge on any atom is 0.227 e. The lowest BCUT2D eigenvalue weighted by atomic mass is 10.3. The average molecular weight is 265 g/mol. The molecule has 1 saturated heterocycles. The van der Waals surface area contributed by atoms with E-state index in [0.29, 0.717) is 5.95 Å². The molecule has 6 heteroatoms.